The zero-order valence-electron chi connectivity index (χ0n) is 29.8. The summed E-state index contributed by atoms with van der Waals surface area (Å²) in [4.78, 5) is 55.0. The van der Waals surface area contributed by atoms with Gasteiger partial charge in [0.2, 0.25) is 10.9 Å². The number of carbonyl (C=O) groups is 2. The van der Waals surface area contributed by atoms with E-state index in [1.807, 2.05) is 23.9 Å². The van der Waals surface area contributed by atoms with Crippen molar-refractivity contribution in [3.8, 4) is 5.75 Å². The summed E-state index contributed by atoms with van der Waals surface area (Å²) < 4.78 is 39.3. The van der Waals surface area contributed by atoms with Crippen LogP contribution in [0.5, 0.6) is 5.75 Å². The molecule has 2 aromatic carbocycles. The van der Waals surface area contributed by atoms with Gasteiger partial charge in [0, 0.05) is 76.0 Å². The number of thioether (sulfide) groups is 1. The van der Waals surface area contributed by atoms with Crippen LogP contribution < -0.4 is 30.7 Å². The highest BCUT2D eigenvalue weighted by Crippen LogP contribution is 2.44. The van der Waals surface area contributed by atoms with Crippen LogP contribution >= 0.6 is 11.8 Å². The smallest absolute Gasteiger partial charge is 0.341 e. The molecule has 3 aliphatic heterocycles. The summed E-state index contributed by atoms with van der Waals surface area (Å²) in [7, 11) is 5.39. The van der Waals surface area contributed by atoms with E-state index in [0.717, 1.165) is 56.8 Å². The van der Waals surface area contributed by atoms with Crippen molar-refractivity contribution in [2.45, 2.75) is 49.2 Å². The Morgan fingerprint density at radius 3 is 2.08 bits per heavy atom. The highest BCUT2D eigenvalue weighted by molar-refractivity contribution is 7.99. The lowest BCUT2D eigenvalue weighted by Gasteiger charge is -2.36. The Hall–Kier alpha value is -4.67. The maximum atomic E-state index is 15.2. The van der Waals surface area contributed by atoms with Crippen molar-refractivity contribution in [3.63, 3.8) is 0 Å². The lowest BCUT2D eigenvalue weighted by molar-refractivity contribution is 0.0684. The first kappa shape index (κ1) is 36.7. The van der Waals surface area contributed by atoms with Crippen LogP contribution in [0.15, 0.2) is 39.0 Å². The Morgan fingerprint density at radius 2 is 1.47 bits per heavy atom. The molecular formula is C37H42F2N6O7S. The molecule has 1 atom stereocenters. The van der Waals surface area contributed by atoms with Crippen molar-refractivity contribution in [2.75, 3.05) is 76.0 Å². The van der Waals surface area contributed by atoms with Crippen LogP contribution in [0.3, 0.4) is 0 Å². The maximum absolute atomic E-state index is 15.2. The number of carboxylic acids is 2. The fourth-order valence-electron chi connectivity index (χ4n) is 7.66. The van der Waals surface area contributed by atoms with Gasteiger partial charge in [-0.3, -0.25) is 9.59 Å². The van der Waals surface area contributed by atoms with Crippen molar-refractivity contribution >= 4 is 56.9 Å². The third-order valence-corrected chi connectivity index (χ3v) is 11.7. The van der Waals surface area contributed by atoms with Gasteiger partial charge in [-0.25, -0.2) is 18.4 Å². The number of fused-ring (bicyclic) bond motifs is 1. The minimum Gasteiger partial charge on any atom is -0.492 e. The fraction of sp³-hybridized carbons (Fsp3) is 0.459. The summed E-state index contributed by atoms with van der Waals surface area (Å²) in [5.41, 5.74) is 0.0538. The molecule has 16 heteroatoms. The largest absolute Gasteiger partial charge is 0.492 e. The number of carboxylic acid groups (broad SMARTS) is 2. The Morgan fingerprint density at radius 1 is 0.849 bits per heavy atom. The molecule has 4 aromatic rings. The molecule has 282 valence electrons. The molecule has 3 fully saturated rings. The molecule has 2 aromatic heterocycles. The second-order valence-corrected chi connectivity index (χ2v) is 15.1. The zero-order chi connectivity index (χ0) is 37.7. The lowest BCUT2D eigenvalue weighted by Crippen LogP contribution is -2.45. The predicted octanol–water partition coefficient (Wildman–Crippen LogP) is 4.07. The Bertz CT molecular complexity index is 2250. The summed E-state index contributed by atoms with van der Waals surface area (Å²) in [5.74, 6) is -2.59. The standard InChI is InChI=1S/C20H24FN3O4.C17H18FN3O3S/c1-22-11-4-3-7-23(9-11)17-15(21)8-13-16(19(17)28-2)24(12-5-6-12)10-14(18(13)25)20(26)27;1-19-2-4-20(5-3-19)14-12(18)8-10-13-16(14)25-7-6-21(13)9-11(15(10)22)17(23)24/h8,10-12,22H,3-7,9H2,1-2H3,(H,26,27);8-9H,2-7H2,1H3,(H,23,24). The molecule has 5 heterocycles. The first-order valence-electron chi connectivity index (χ1n) is 17.7. The third-order valence-electron chi connectivity index (χ3n) is 10.6. The van der Waals surface area contributed by atoms with Gasteiger partial charge in [0.25, 0.3) is 0 Å². The molecule has 0 radical (unpaired) electrons. The van der Waals surface area contributed by atoms with Gasteiger partial charge in [-0.05, 0) is 51.9 Å². The Kier molecular flexibility index (Phi) is 10.1. The number of anilines is 2. The van der Waals surface area contributed by atoms with E-state index >= 15 is 4.39 Å². The summed E-state index contributed by atoms with van der Waals surface area (Å²) in [6.07, 6.45) is 6.47. The molecule has 13 nitrogen and oxygen atoms in total. The summed E-state index contributed by atoms with van der Waals surface area (Å²) >= 11 is 1.54. The minimum atomic E-state index is -1.31. The van der Waals surface area contributed by atoms with Crippen LogP contribution in [-0.2, 0) is 6.54 Å². The zero-order valence-corrected chi connectivity index (χ0v) is 30.6. The van der Waals surface area contributed by atoms with Crippen molar-refractivity contribution in [3.05, 3.63) is 67.7 Å². The number of nitrogens with zero attached hydrogens (tertiary/aromatic N) is 5. The van der Waals surface area contributed by atoms with E-state index in [0.29, 0.717) is 53.5 Å². The third kappa shape index (κ3) is 6.72. The first-order chi connectivity index (χ1) is 25.4. The quantitative estimate of drug-likeness (QED) is 0.250. The van der Waals surface area contributed by atoms with E-state index in [4.69, 9.17) is 4.74 Å². The maximum Gasteiger partial charge on any atom is 0.341 e. The van der Waals surface area contributed by atoms with Crippen LogP contribution in [0.25, 0.3) is 21.8 Å². The number of benzene rings is 2. The topological polar surface area (TPSA) is 150 Å². The van der Waals surface area contributed by atoms with Gasteiger partial charge in [-0.15, -0.1) is 11.8 Å². The van der Waals surface area contributed by atoms with Crippen molar-refractivity contribution in [2.24, 2.45) is 0 Å². The molecule has 1 saturated carbocycles. The molecule has 3 N–H and O–H groups in total. The van der Waals surface area contributed by atoms with E-state index in [1.54, 1.807) is 9.13 Å². The molecule has 1 aliphatic carbocycles. The van der Waals surface area contributed by atoms with Crippen molar-refractivity contribution < 1.29 is 33.3 Å². The van der Waals surface area contributed by atoms with E-state index in [2.05, 4.69) is 10.2 Å². The number of rotatable bonds is 7. The van der Waals surface area contributed by atoms with Gasteiger partial charge in [-0.1, -0.05) is 0 Å². The summed E-state index contributed by atoms with van der Waals surface area (Å²) in [6, 6.07) is 2.72. The second-order valence-electron chi connectivity index (χ2n) is 14.0. The molecule has 53 heavy (non-hydrogen) atoms. The van der Waals surface area contributed by atoms with Crippen molar-refractivity contribution in [1.29, 1.82) is 0 Å². The number of aromatic carboxylic acids is 2. The van der Waals surface area contributed by atoms with Crippen LogP contribution in [0.4, 0.5) is 20.2 Å². The normalized spacial score (nSPS) is 18.9. The molecule has 2 saturated heterocycles. The second kappa shape index (κ2) is 14.6. The number of methoxy groups -OCH3 is 1. The number of piperazine rings is 1. The van der Waals surface area contributed by atoms with Gasteiger partial charge < -0.3 is 44.1 Å². The number of pyridine rings is 2. The molecular weight excluding hydrogens is 711 g/mol. The van der Waals surface area contributed by atoms with Gasteiger partial charge in [0.15, 0.2) is 11.6 Å². The predicted molar refractivity (Wildman–Crippen MR) is 200 cm³/mol. The van der Waals surface area contributed by atoms with Crippen LogP contribution in [0, 0.1) is 11.6 Å². The number of piperidine rings is 1. The highest BCUT2D eigenvalue weighted by Gasteiger charge is 2.33. The number of likely N-dealkylation sites (N-methyl/N-ethyl adjacent to an activating group) is 2. The van der Waals surface area contributed by atoms with Gasteiger partial charge in [0.1, 0.15) is 22.6 Å². The Labute approximate surface area is 307 Å². The number of ether oxygens (including phenoxy) is 1. The van der Waals surface area contributed by atoms with Gasteiger partial charge in [0.05, 0.1) is 39.5 Å². The average Bonchev–Trinajstić information content (AvgIpc) is 3.99. The van der Waals surface area contributed by atoms with E-state index in [-0.39, 0.29) is 34.0 Å². The number of hydrogen-bond acceptors (Lipinski definition) is 10. The molecule has 8 rings (SSSR count). The lowest BCUT2D eigenvalue weighted by atomic mass is 10.0. The number of hydrogen-bond donors (Lipinski definition) is 3. The minimum absolute atomic E-state index is 0.0482. The summed E-state index contributed by atoms with van der Waals surface area (Å²) in [6.45, 7) is 5.09. The van der Waals surface area contributed by atoms with Gasteiger partial charge in [-0.2, -0.15) is 0 Å². The molecule has 1 unspecified atom stereocenters. The first-order valence-corrected chi connectivity index (χ1v) is 18.7. The van der Waals surface area contributed by atoms with Crippen molar-refractivity contribution in [1.82, 2.24) is 19.4 Å². The molecule has 0 amide bonds. The molecule has 0 bridgehead atoms. The van der Waals surface area contributed by atoms with Gasteiger partial charge >= 0.3 is 11.9 Å². The molecule has 4 aliphatic rings. The van der Waals surface area contributed by atoms with E-state index in [1.165, 1.54) is 43.4 Å². The van der Waals surface area contributed by atoms with Crippen LogP contribution in [0.2, 0.25) is 0 Å². The highest BCUT2D eigenvalue weighted by atomic mass is 32.2. The molecule has 0 spiro atoms. The number of aryl methyl sites for hydroxylation is 1. The number of aromatic nitrogens is 2. The monoisotopic (exact) mass is 752 g/mol. The number of halogens is 2. The SMILES string of the molecule is CN1CCN(c2c(F)cc3c(=O)c(C(=O)O)cn4c3c2SCC4)CC1.CNC1CCCN(c2c(F)cc3c(=O)c(C(=O)O)cn(C4CC4)c3c2OC)C1. The summed E-state index contributed by atoms with van der Waals surface area (Å²) in [5, 5.41) is 22.1. The number of nitrogens with one attached hydrogen (secondary N) is 1. The average molecular weight is 753 g/mol. The van der Waals surface area contributed by atoms with Crippen LogP contribution in [0.1, 0.15) is 52.4 Å². The van der Waals surface area contributed by atoms with E-state index < -0.39 is 34.4 Å². The fourth-order valence-corrected chi connectivity index (χ4v) is 8.88. The van der Waals surface area contributed by atoms with E-state index in [9.17, 15) is 33.8 Å². The van der Waals surface area contributed by atoms with Crippen LogP contribution in [-0.4, -0.2) is 108 Å². The Balaban J connectivity index is 0.000000165.